The van der Waals surface area contributed by atoms with E-state index in [0.29, 0.717) is 17.5 Å². The second-order valence-corrected chi connectivity index (χ2v) is 5.86. The smallest absolute Gasteiger partial charge is 0.335 e. The van der Waals surface area contributed by atoms with Crippen LogP contribution in [0.2, 0.25) is 0 Å². The topological polar surface area (TPSA) is 57.6 Å². The van der Waals surface area contributed by atoms with Crippen LogP contribution < -0.4 is 0 Å². The number of nitrogens with zero attached hydrogens (tertiary/aromatic N) is 1. The van der Waals surface area contributed by atoms with Gasteiger partial charge >= 0.3 is 5.97 Å². The van der Waals surface area contributed by atoms with E-state index in [2.05, 4.69) is 13.8 Å². The zero-order valence-corrected chi connectivity index (χ0v) is 12.7. The zero-order valence-electron chi connectivity index (χ0n) is 12.7. The molecule has 1 heterocycles. The summed E-state index contributed by atoms with van der Waals surface area (Å²) in [6.07, 6.45) is 4.31. The van der Waals surface area contributed by atoms with Crippen molar-refractivity contribution in [3.8, 4) is 0 Å². The fourth-order valence-corrected chi connectivity index (χ4v) is 3.16. The van der Waals surface area contributed by atoms with Crippen LogP contribution in [0.15, 0.2) is 24.3 Å². The van der Waals surface area contributed by atoms with Gasteiger partial charge in [-0.25, -0.2) is 4.79 Å². The van der Waals surface area contributed by atoms with E-state index in [4.69, 9.17) is 5.11 Å². The van der Waals surface area contributed by atoms with Gasteiger partial charge in [-0.15, -0.1) is 0 Å². The molecule has 0 aliphatic carbocycles. The molecule has 2 atom stereocenters. The van der Waals surface area contributed by atoms with Gasteiger partial charge in [0.2, 0.25) is 0 Å². The van der Waals surface area contributed by atoms with Gasteiger partial charge in [0.15, 0.2) is 0 Å². The van der Waals surface area contributed by atoms with Crippen LogP contribution in [0.3, 0.4) is 0 Å². The molecule has 2 rings (SSSR count). The van der Waals surface area contributed by atoms with Crippen LogP contribution in [-0.2, 0) is 0 Å². The molecule has 4 heteroatoms. The number of rotatable bonds is 4. The molecule has 1 aliphatic heterocycles. The summed E-state index contributed by atoms with van der Waals surface area (Å²) < 4.78 is 0. The SMILES string of the molecule is CCCC1C(C)CCCN1C(=O)c1ccc(C(=O)O)cc1. The van der Waals surface area contributed by atoms with Crippen molar-refractivity contribution in [2.75, 3.05) is 6.54 Å². The Hall–Kier alpha value is -1.84. The highest BCUT2D eigenvalue weighted by Gasteiger charge is 2.31. The molecule has 21 heavy (non-hydrogen) atoms. The van der Waals surface area contributed by atoms with Crippen LogP contribution in [0.5, 0.6) is 0 Å². The van der Waals surface area contributed by atoms with Gasteiger partial charge in [0.1, 0.15) is 0 Å². The fraction of sp³-hybridized carbons (Fsp3) is 0.529. The summed E-state index contributed by atoms with van der Waals surface area (Å²) in [5.74, 6) is -0.415. The Balaban J connectivity index is 2.18. The number of hydrogen-bond donors (Lipinski definition) is 1. The Morgan fingerprint density at radius 3 is 2.43 bits per heavy atom. The highest BCUT2D eigenvalue weighted by atomic mass is 16.4. The standard InChI is InChI=1S/C17H23NO3/c1-3-5-15-12(2)6-4-11-18(15)16(19)13-7-9-14(10-8-13)17(20)21/h7-10,12,15H,3-6,11H2,1-2H3,(H,20,21). The molecule has 1 saturated heterocycles. The summed E-state index contributed by atoms with van der Waals surface area (Å²) >= 11 is 0. The van der Waals surface area contributed by atoms with E-state index in [1.165, 1.54) is 18.6 Å². The number of hydrogen-bond acceptors (Lipinski definition) is 2. The van der Waals surface area contributed by atoms with E-state index in [1.807, 2.05) is 4.90 Å². The number of carbonyl (C=O) groups excluding carboxylic acids is 1. The second-order valence-electron chi connectivity index (χ2n) is 5.86. The number of carbonyl (C=O) groups is 2. The predicted octanol–water partition coefficient (Wildman–Crippen LogP) is 3.43. The monoisotopic (exact) mass is 289 g/mol. The molecule has 0 radical (unpaired) electrons. The lowest BCUT2D eigenvalue weighted by atomic mass is 9.87. The molecule has 114 valence electrons. The van der Waals surface area contributed by atoms with Crippen LogP contribution in [0.1, 0.15) is 60.2 Å². The second kappa shape index (κ2) is 6.74. The van der Waals surface area contributed by atoms with Crippen LogP contribution in [0.25, 0.3) is 0 Å². The maximum Gasteiger partial charge on any atom is 0.335 e. The Morgan fingerprint density at radius 2 is 1.86 bits per heavy atom. The van der Waals surface area contributed by atoms with E-state index in [0.717, 1.165) is 25.8 Å². The van der Waals surface area contributed by atoms with Gasteiger partial charge in [-0.3, -0.25) is 4.79 Å². The first-order valence-electron chi connectivity index (χ1n) is 7.69. The lowest BCUT2D eigenvalue weighted by Gasteiger charge is -2.40. The molecule has 0 bridgehead atoms. The van der Waals surface area contributed by atoms with Gasteiger partial charge in [-0.1, -0.05) is 20.3 Å². The highest BCUT2D eigenvalue weighted by Crippen LogP contribution is 2.28. The summed E-state index contributed by atoms with van der Waals surface area (Å²) in [7, 11) is 0. The van der Waals surface area contributed by atoms with E-state index in [9.17, 15) is 9.59 Å². The third-order valence-electron chi connectivity index (χ3n) is 4.34. The van der Waals surface area contributed by atoms with Crippen molar-refractivity contribution < 1.29 is 14.7 Å². The van der Waals surface area contributed by atoms with Gasteiger partial charge in [0.25, 0.3) is 5.91 Å². The van der Waals surface area contributed by atoms with Crippen molar-refractivity contribution in [1.82, 2.24) is 4.90 Å². The largest absolute Gasteiger partial charge is 0.478 e. The Labute approximate surface area is 125 Å². The summed E-state index contributed by atoms with van der Waals surface area (Å²) in [6, 6.07) is 6.54. The zero-order chi connectivity index (χ0) is 15.4. The van der Waals surface area contributed by atoms with Gasteiger partial charge in [-0.05, 0) is 49.4 Å². The van der Waals surface area contributed by atoms with Crippen LogP contribution in [-0.4, -0.2) is 34.5 Å². The lowest BCUT2D eigenvalue weighted by Crippen LogP contribution is -2.47. The van der Waals surface area contributed by atoms with Crippen LogP contribution in [0, 0.1) is 5.92 Å². The first kappa shape index (κ1) is 15.5. The van der Waals surface area contributed by atoms with Crippen molar-refractivity contribution in [2.24, 2.45) is 5.92 Å². The summed E-state index contributed by atoms with van der Waals surface area (Å²) in [5, 5.41) is 8.91. The minimum Gasteiger partial charge on any atom is -0.478 e. The average Bonchev–Trinajstić information content (AvgIpc) is 2.49. The summed E-state index contributed by atoms with van der Waals surface area (Å²) in [6.45, 7) is 5.16. The van der Waals surface area contributed by atoms with E-state index in [1.54, 1.807) is 12.1 Å². The first-order valence-corrected chi connectivity index (χ1v) is 7.69. The molecule has 1 aromatic rings. The van der Waals surface area contributed by atoms with E-state index >= 15 is 0 Å². The maximum atomic E-state index is 12.7. The molecule has 0 aromatic heterocycles. The number of benzene rings is 1. The van der Waals surface area contributed by atoms with Crippen LogP contribution >= 0.6 is 0 Å². The quantitative estimate of drug-likeness (QED) is 0.924. The van der Waals surface area contributed by atoms with Crippen molar-refractivity contribution in [1.29, 1.82) is 0 Å². The first-order chi connectivity index (χ1) is 10.0. The Kier molecular flexibility index (Phi) is 4.99. The number of carboxylic acids is 1. The van der Waals surface area contributed by atoms with Gasteiger partial charge in [0, 0.05) is 18.2 Å². The van der Waals surface area contributed by atoms with E-state index < -0.39 is 5.97 Å². The van der Waals surface area contributed by atoms with Crippen molar-refractivity contribution in [3.05, 3.63) is 35.4 Å². The van der Waals surface area contributed by atoms with Crippen molar-refractivity contribution >= 4 is 11.9 Å². The average molecular weight is 289 g/mol. The number of carboxylic acid groups (broad SMARTS) is 1. The van der Waals surface area contributed by atoms with Gasteiger partial charge in [-0.2, -0.15) is 0 Å². The van der Waals surface area contributed by atoms with Gasteiger partial charge in [0.05, 0.1) is 5.56 Å². The molecule has 0 saturated carbocycles. The normalized spacial score (nSPS) is 22.1. The maximum absolute atomic E-state index is 12.7. The number of likely N-dealkylation sites (tertiary alicyclic amines) is 1. The van der Waals surface area contributed by atoms with E-state index in [-0.39, 0.29) is 11.5 Å². The molecular formula is C17H23NO3. The molecule has 1 fully saturated rings. The molecule has 1 N–H and O–H groups in total. The summed E-state index contributed by atoms with van der Waals surface area (Å²) in [4.78, 5) is 25.5. The fourth-order valence-electron chi connectivity index (χ4n) is 3.16. The highest BCUT2D eigenvalue weighted by molar-refractivity contribution is 5.96. The third kappa shape index (κ3) is 3.43. The number of amides is 1. The molecule has 0 spiro atoms. The minimum absolute atomic E-state index is 0.0249. The molecule has 1 aromatic carbocycles. The third-order valence-corrected chi connectivity index (χ3v) is 4.34. The number of piperidine rings is 1. The van der Waals surface area contributed by atoms with Crippen molar-refractivity contribution in [2.45, 2.75) is 45.6 Å². The molecule has 2 unspecified atom stereocenters. The minimum atomic E-state index is -0.968. The summed E-state index contributed by atoms with van der Waals surface area (Å²) in [5.41, 5.74) is 0.791. The molecule has 1 amide bonds. The van der Waals surface area contributed by atoms with Gasteiger partial charge < -0.3 is 10.0 Å². The lowest BCUT2D eigenvalue weighted by molar-refractivity contribution is 0.0497. The molecule has 1 aliphatic rings. The Morgan fingerprint density at radius 1 is 1.24 bits per heavy atom. The van der Waals surface area contributed by atoms with Crippen molar-refractivity contribution in [3.63, 3.8) is 0 Å². The number of aromatic carboxylic acids is 1. The van der Waals surface area contributed by atoms with Crippen LogP contribution in [0.4, 0.5) is 0 Å². The molecular weight excluding hydrogens is 266 g/mol. The molecule has 4 nitrogen and oxygen atoms in total. The predicted molar refractivity (Wildman–Crippen MR) is 81.5 cm³/mol. The Bertz CT molecular complexity index is 509.